The standard InChI is InChI=1S/C35H44N2O5Si/c1-24(42-43(7,8)35(2,3)4)31-20-27(26-14-16-28(39-5)17-15-26)18-19-37(31)34(38)29-21-32(40-6)33(22-30(29)36)41-23-25-12-10-9-11-13-25/h9-18,21-22,31H,1,19-20,23,36H2,2-8H3/t31-/m0/s1. The highest BCUT2D eigenvalue weighted by Crippen LogP contribution is 2.41. The van der Waals surface area contributed by atoms with Crippen LogP contribution >= 0.6 is 0 Å². The molecule has 3 aromatic rings. The average molecular weight is 601 g/mol. The van der Waals surface area contributed by atoms with Gasteiger partial charge in [0.15, 0.2) is 11.5 Å². The maximum atomic E-state index is 14.2. The minimum absolute atomic E-state index is 0.0263. The van der Waals surface area contributed by atoms with Crippen LogP contribution in [0.25, 0.3) is 5.57 Å². The summed E-state index contributed by atoms with van der Waals surface area (Å²) in [7, 11) is 0.991. The van der Waals surface area contributed by atoms with Gasteiger partial charge in [-0.25, -0.2) is 0 Å². The molecule has 7 nitrogen and oxygen atoms in total. The van der Waals surface area contributed by atoms with Crippen molar-refractivity contribution in [3.05, 3.63) is 102 Å². The molecule has 0 spiro atoms. The van der Waals surface area contributed by atoms with E-state index in [1.807, 2.05) is 54.6 Å². The first-order valence-corrected chi connectivity index (χ1v) is 17.4. The van der Waals surface area contributed by atoms with E-state index in [1.54, 1.807) is 31.3 Å². The van der Waals surface area contributed by atoms with Gasteiger partial charge in [0.25, 0.3) is 5.91 Å². The highest BCUT2D eigenvalue weighted by atomic mass is 28.4. The van der Waals surface area contributed by atoms with Crippen molar-refractivity contribution >= 4 is 25.5 Å². The highest BCUT2D eigenvalue weighted by Gasteiger charge is 2.42. The van der Waals surface area contributed by atoms with E-state index in [0.717, 1.165) is 22.4 Å². The summed E-state index contributed by atoms with van der Waals surface area (Å²) < 4.78 is 23.7. The fourth-order valence-corrected chi connectivity index (χ4v) is 5.86. The summed E-state index contributed by atoms with van der Waals surface area (Å²) in [6.45, 7) is 16.0. The van der Waals surface area contributed by atoms with E-state index in [1.165, 1.54) is 0 Å². The fourth-order valence-electron chi connectivity index (χ4n) is 4.76. The van der Waals surface area contributed by atoms with Gasteiger partial charge in [0, 0.05) is 24.7 Å². The Labute approximate surface area is 257 Å². The molecule has 3 aromatic carbocycles. The zero-order chi connectivity index (χ0) is 31.4. The van der Waals surface area contributed by atoms with Gasteiger partial charge in [-0.15, -0.1) is 0 Å². The maximum Gasteiger partial charge on any atom is 0.257 e. The Kier molecular flexibility index (Phi) is 9.60. The minimum atomic E-state index is -2.21. The van der Waals surface area contributed by atoms with Crippen LogP contribution in [-0.4, -0.2) is 45.9 Å². The van der Waals surface area contributed by atoms with Gasteiger partial charge in [-0.2, -0.15) is 0 Å². The molecule has 2 N–H and O–H groups in total. The van der Waals surface area contributed by atoms with Crippen molar-refractivity contribution in [1.82, 2.24) is 4.90 Å². The van der Waals surface area contributed by atoms with Crippen molar-refractivity contribution in [1.29, 1.82) is 0 Å². The minimum Gasteiger partial charge on any atom is -0.545 e. The molecule has 8 heteroatoms. The molecule has 1 aliphatic rings. The van der Waals surface area contributed by atoms with Crippen LogP contribution in [-0.2, 0) is 11.0 Å². The number of anilines is 1. The number of ether oxygens (including phenoxy) is 3. The van der Waals surface area contributed by atoms with Gasteiger partial charge in [-0.1, -0.05) is 75.9 Å². The molecule has 0 unspecified atom stereocenters. The summed E-state index contributed by atoms with van der Waals surface area (Å²) in [6.07, 6.45) is 2.64. The van der Waals surface area contributed by atoms with Crippen LogP contribution in [0.3, 0.4) is 0 Å². The zero-order valence-corrected chi connectivity index (χ0v) is 27.4. The molecule has 0 aliphatic carbocycles. The normalized spacial score (nSPS) is 15.4. The van der Waals surface area contributed by atoms with E-state index in [2.05, 4.69) is 46.5 Å². The Morgan fingerprint density at radius 3 is 2.28 bits per heavy atom. The molecule has 4 rings (SSSR count). The number of rotatable bonds is 10. The Hall–Kier alpha value is -4.17. The Bertz CT molecular complexity index is 1480. The van der Waals surface area contributed by atoms with E-state index in [9.17, 15) is 4.79 Å². The van der Waals surface area contributed by atoms with Crippen molar-refractivity contribution < 1.29 is 23.4 Å². The maximum absolute atomic E-state index is 14.2. The van der Waals surface area contributed by atoms with Crippen molar-refractivity contribution in [3.63, 3.8) is 0 Å². The first-order chi connectivity index (χ1) is 20.3. The van der Waals surface area contributed by atoms with Crippen molar-refractivity contribution in [2.75, 3.05) is 26.5 Å². The number of nitrogens with two attached hydrogens (primary N) is 1. The third-order valence-corrected chi connectivity index (χ3v) is 12.8. The molecule has 0 fully saturated rings. The van der Waals surface area contributed by atoms with Crippen molar-refractivity contribution in [2.45, 2.75) is 58.0 Å². The Morgan fingerprint density at radius 1 is 1.00 bits per heavy atom. The number of carbonyl (C=O) groups excluding carboxylic acids is 1. The van der Waals surface area contributed by atoms with Gasteiger partial charge in [0.05, 0.1) is 31.6 Å². The molecule has 1 aliphatic heterocycles. The first kappa shape index (κ1) is 31.8. The van der Waals surface area contributed by atoms with Crippen molar-refractivity contribution in [2.24, 2.45) is 0 Å². The molecular weight excluding hydrogens is 556 g/mol. The van der Waals surface area contributed by atoms with E-state index >= 15 is 0 Å². The second-order valence-corrected chi connectivity index (χ2v) is 17.1. The predicted octanol–water partition coefficient (Wildman–Crippen LogP) is 7.70. The molecule has 43 heavy (non-hydrogen) atoms. The van der Waals surface area contributed by atoms with E-state index in [0.29, 0.717) is 48.1 Å². The van der Waals surface area contributed by atoms with Crippen molar-refractivity contribution in [3.8, 4) is 17.2 Å². The number of hydrogen-bond donors (Lipinski definition) is 1. The topological polar surface area (TPSA) is 83.2 Å². The van der Waals surface area contributed by atoms with Crippen LogP contribution in [0, 0.1) is 0 Å². The average Bonchev–Trinajstić information content (AvgIpc) is 2.99. The monoisotopic (exact) mass is 600 g/mol. The predicted molar refractivity (Wildman–Crippen MR) is 176 cm³/mol. The quantitative estimate of drug-likeness (QED) is 0.146. The number of methoxy groups -OCH3 is 2. The summed E-state index contributed by atoms with van der Waals surface area (Å²) in [5.74, 6) is 2.07. The Balaban J connectivity index is 1.65. The molecule has 0 saturated heterocycles. The van der Waals surface area contributed by atoms with Crippen LogP contribution in [0.1, 0.15) is 48.7 Å². The summed E-state index contributed by atoms with van der Waals surface area (Å²) in [4.78, 5) is 16.0. The molecular formula is C35H44N2O5Si. The molecule has 1 atom stereocenters. The fraction of sp³-hybridized carbons (Fsp3) is 0.343. The van der Waals surface area contributed by atoms with Crippen LogP contribution < -0.4 is 19.9 Å². The largest absolute Gasteiger partial charge is 0.545 e. The van der Waals surface area contributed by atoms with E-state index < -0.39 is 8.32 Å². The van der Waals surface area contributed by atoms with Gasteiger partial charge >= 0.3 is 0 Å². The number of carbonyl (C=O) groups is 1. The zero-order valence-electron chi connectivity index (χ0n) is 26.4. The van der Waals surface area contributed by atoms with Gasteiger partial charge in [0.2, 0.25) is 8.32 Å². The molecule has 228 valence electrons. The summed E-state index contributed by atoms with van der Waals surface area (Å²) in [5, 5.41) is -0.0263. The van der Waals surface area contributed by atoms with Crippen LogP contribution in [0.5, 0.6) is 17.2 Å². The number of nitrogens with zero attached hydrogens (tertiary/aromatic N) is 1. The third kappa shape index (κ3) is 7.25. The van der Waals surface area contributed by atoms with Gasteiger partial charge in [-0.3, -0.25) is 4.79 Å². The lowest BCUT2D eigenvalue weighted by molar-refractivity contribution is 0.0692. The first-order valence-electron chi connectivity index (χ1n) is 14.5. The van der Waals surface area contributed by atoms with Gasteiger partial charge in [0.1, 0.15) is 12.4 Å². The highest BCUT2D eigenvalue weighted by molar-refractivity contribution is 6.74. The Morgan fingerprint density at radius 2 is 1.67 bits per heavy atom. The lowest BCUT2D eigenvalue weighted by Crippen LogP contribution is -2.48. The van der Waals surface area contributed by atoms with Crippen LogP contribution in [0.4, 0.5) is 5.69 Å². The lowest BCUT2D eigenvalue weighted by Gasteiger charge is -2.42. The molecule has 0 radical (unpaired) electrons. The number of amides is 1. The summed E-state index contributed by atoms with van der Waals surface area (Å²) in [6, 6.07) is 20.7. The molecule has 1 heterocycles. The lowest BCUT2D eigenvalue weighted by atomic mass is 9.92. The van der Waals surface area contributed by atoms with Crippen LogP contribution in [0.2, 0.25) is 18.1 Å². The third-order valence-electron chi connectivity index (χ3n) is 8.41. The molecule has 1 amide bonds. The van der Waals surface area contributed by atoms with Crippen LogP contribution in [0.15, 0.2) is 85.1 Å². The summed E-state index contributed by atoms with van der Waals surface area (Å²) >= 11 is 0. The second-order valence-electron chi connectivity index (χ2n) is 12.3. The van der Waals surface area contributed by atoms with E-state index in [-0.39, 0.29) is 17.0 Å². The number of benzene rings is 3. The smallest absolute Gasteiger partial charge is 0.257 e. The molecule has 0 bridgehead atoms. The second kappa shape index (κ2) is 13.0. The number of nitrogen functional groups attached to an aromatic ring is 1. The SMILES string of the molecule is C=C(O[Si](C)(C)C(C)(C)C)[C@@H]1CC(c2ccc(OC)cc2)=CCN1C(=O)c1cc(OC)c(OCc2ccccc2)cc1N. The number of hydrogen-bond acceptors (Lipinski definition) is 6. The molecule has 0 aromatic heterocycles. The summed E-state index contributed by atoms with van der Waals surface area (Å²) in [5.41, 5.74) is 10.3. The molecule has 0 saturated carbocycles. The van der Waals surface area contributed by atoms with Gasteiger partial charge in [-0.05, 0) is 53.0 Å². The van der Waals surface area contributed by atoms with E-state index in [4.69, 9.17) is 24.4 Å². The van der Waals surface area contributed by atoms with Gasteiger partial charge < -0.3 is 29.3 Å².